The summed E-state index contributed by atoms with van der Waals surface area (Å²) in [6.45, 7) is 0.123. The van der Waals surface area contributed by atoms with Crippen molar-refractivity contribution < 1.29 is 38.4 Å². The summed E-state index contributed by atoms with van der Waals surface area (Å²) in [5.74, 6) is -0.354. The van der Waals surface area contributed by atoms with Crippen molar-refractivity contribution in [1.82, 2.24) is 4.57 Å². The largest absolute Gasteiger partial charge is 0.493 e. The quantitative estimate of drug-likeness (QED) is 0.157. The monoisotopic (exact) mass is 610 g/mol. The molecule has 1 heterocycles. The fourth-order valence-electron chi connectivity index (χ4n) is 5.06. The Hall–Kier alpha value is -5.97. The molecule has 0 spiro atoms. The molecule has 0 radical (unpaired) electrons. The Morgan fingerprint density at radius 3 is 2.00 bits per heavy atom. The minimum absolute atomic E-state index is 0.0266. The number of rotatable bonds is 10. The standard InChI is InChI=1S/C34H30N2O9/c1-41-27-15-21(16-28(42-2)31(27)43-3)29-25-14-13-24(45-18-19-5-7-20(8-6-19)33(38)39)17-26(25)32(37)36(30(29)34(40)44-4)23-11-9-22(35)10-12-23/h5-17H,18,35H2,1-4H3,(H,38,39). The van der Waals surface area contributed by atoms with Crippen LogP contribution in [0.1, 0.15) is 26.4 Å². The van der Waals surface area contributed by atoms with Crippen LogP contribution >= 0.6 is 0 Å². The highest BCUT2D eigenvalue weighted by Gasteiger charge is 2.27. The molecule has 0 fully saturated rings. The lowest BCUT2D eigenvalue weighted by Gasteiger charge is -2.21. The van der Waals surface area contributed by atoms with Crippen LogP contribution in [0, 0.1) is 0 Å². The van der Waals surface area contributed by atoms with E-state index in [1.54, 1.807) is 66.7 Å². The lowest BCUT2D eigenvalue weighted by Crippen LogP contribution is -2.27. The van der Waals surface area contributed by atoms with E-state index < -0.39 is 17.5 Å². The first-order chi connectivity index (χ1) is 21.7. The Morgan fingerprint density at radius 1 is 0.800 bits per heavy atom. The van der Waals surface area contributed by atoms with E-state index in [0.717, 1.165) is 5.56 Å². The number of methoxy groups -OCH3 is 4. The number of hydrogen-bond acceptors (Lipinski definition) is 9. The van der Waals surface area contributed by atoms with Gasteiger partial charge in [-0.2, -0.15) is 0 Å². The van der Waals surface area contributed by atoms with Crippen LogP contribution < -0.4 is 30.2 Å². The molecule has 0 amide bonds. The van der Waals surface area contributed by atoms with E-state index in [1.165, 1.54) is 45.1 Å². The first-order valence-corrected chi connectivity index (χ1v) is 13.6. The Kier molecular flexibility index (Phi) is 8.62. The second-order valence-electron chi connectivity index (χ2n) is 9.86. The molecule has 0 saturated carbocycles. The van der Waals surface area contributed by atoms with Crippen LogP contribution in [0.2, 0.25) is 0 Å². The van der Waals surface area contributed by atoms with Crippen LogP contribution in [0.3, 0.4) is 0 Å². The second-order valence-corrected chi connectivity index (χ2v) is 9.86. The molecule has 0 atom stereocenters. The fraction of sp³-hybridized carbons (Fsp3) is 0.147. The highest BCUT2D eigenvalue weighted by molar-refractivity contribution is 6.08. The second kappa shape index (κ2) is 12.7. The highest BCUT2D eigenvalue weighted by Crippen LogP contribution is 2.44. The van der Waals surface area contributed by atoms with Crippen molar-refractivity contribution in [3.63, 3.8) is 0 Å². The molecule has 0 aliphatic rings. The van der Waals surface area contributed by atoms with Crippen molar-refractivity contribution in [3.05, 3.63) is 106 Å². The Labute approximate surface area is 257 Å². The number of carbonyl (C=O) groups is 2. The smallest absolute Gasteiger partial charge is 0.355 e. The van der Waals surface area contributed by atoms with E-state index in [1.807, 2.05) is 0 Å². The fourth-order valence-corrected chi connectivity index (χ4v) is 5.06. The zero-order chi connectivity index (χ0) is 32.2. The van der Waals surface area contributed by atoms with Crippen molar-refractivity contribution in [3.8, 4) is 39.8 Å². The molecule has 45 heavy (non-hydrogen) atoms. The number of anilines is 1. The number of carboxylic acid groups (broad SMARTS) is 1. The summed E-state index contributed by atoms with van der Waals surface area (Å²) in [7, 11) is 5.69. The van der Waals surface area contributed by atoms with Gasteiger partial charge in [0.25, 0.3) is 5.56 Å². The predicted octanol–water partition coefficient (Wildman–Crippen LogP) is 5.33. The number of fused-ring (bicyclic) bond motifs is 1. The van der Waals surface area contributed by atoms with E-state index in [9.17, 15) is 14.4 Å². The number of carboxylic acids is 1. The van der Waals surface area contributed by atoms with Crippen molar-refractivity contribution in [2.24, 2.45) is 0 Å². The number of ether oxygens (including phenoxy) is 5. The van der Waals surface area contributed by atoms with E-state index in [0.29, 0.717) is 50.9 Å². The maximum atomic E-state index is 14.3. The maximum absolute atomic E-state index is 14.3. The summed E-state index contributed by atoms with van der Waals surface area (Å²) in [5.41, 5.74) is 8.03. The molecule has 1 aromatic heterocycles. The van der Waals surface area contributed by atoms with Gasteiger partial charge in [-0.25, -0.2) is 9.59 Å². The number of aromatic carboxylic acids is 1. The van der Waals surface area contributed by atoms with Gasteiger partial charge in [0, 0.05) is 16.9 Å². The van der Waals surface area contributed by atoms with Crippen LogP contribution in [0.5, 0.6) is 23.0 Å². The van der Waals surface area contributed by atoms with Crippen LogP contribution in [0.15, 0.2) is 83.7 Å². The number of aromatic nitrogens is 1. The molecule has 0 aliphatic carbocycles. The van der Waals surface area contributed by atoms with Gasteiger partial charge in [0.1, 0.15) is 18.1 Å². The SMILES string of the molecule is COC(=O)c1c(-c2cc(OC)c(OC)c(OC)c2)c2ccc(OCc3ccc(C(=O)O)cc3)cc2c(=O)n1-c1ccc(N)cc1. The number of nitrogen functional groups attached to an aromatic ring is 1. The normalized spacial score (nSPS) is 10.8. The third-order valence-corrected chi connectivity index (χ3v) is 7.24. The van der Waals surface area contributed by atoms with Gasteiger partial charge >= 0.3 is 11.9 Å². The van der Waals surface area contributed by atoms with E-state index >= 15 is 0 Å². The number of esters is 1. The number of nitrogens with two attached hydrogens (primary N) is 1. The van der Waals surface area contributed by atoms with Crippen LogP contribution in [-0.4, -0.2) is 50.1 Å². The topological polar surface area (TPSA) is 149 Å². The third-order valence-electron chi connectivity index (χ3n) is 7.24. The predicted molar refractivity (Wildman–Crippen MR) is 168 cm³/mol. The van der Waals surface area contributed by atoms with Gasteiger partial charge < -0.3 is 34.5 Å². The number of pyridine rings is 1. The molecule has 230 valence electrons. The summed E-state index contributed by atoms with van der Waals surface area (Å²) in [5, 5.41) is 9.87. The van der Waals surface area contributed by atoms with Crippen LogP contribution in [0.25, 0.3) is 27.6 Å². The molecule has 0 unspecified atom stereocenters. The summed E-state index contributed by atoms with van der Waals surface area (Å²) >= 11 is 0. The molecule has 5 aromatic rings. The molecular weight excluding hydrogens is 580 g/mol. The minimum atomic E-state index is -1.02. The van der Waals surface area contributed by atoms with Gasteiger partial charge in [0.2, 0.25) is 5.75 Å². The van der Waals surface area contributed by atoms with Gasteiger partial charge in [-0.15, -0.1) is 0 Å². The van der Waals surface area contributed by atoms with Crippen LogP contribution in [0.4, 0.5) is 5.69 Å². The molecule has 11 nitrogen and oxygen atoms in total. The first-order valence-electron chi connectivity index (χ1n) is 13.6. The molecule has 4 aromatic carbocycles. The molecule has 3 N–H and O–H groups in total. The summed E-state index contributed by atoms with van der Waals surface area (Å²) in [4.78, 5) is 39.0. The van der Waals surface area contributed by atoms with E-state index in [2.05, 4.69) is 0 Å². The van der Waals surface area contributed by atoms with Gasteiger partial charge in [-0.1, -0.05) is 12.1 Å². The molecule has 11 heteroatoms. The van der Waals surface area contributed by atoms with E-state index in [-0.39, 0.29) is 23.3 Å². The zero-order valence-corrected chi connectivity index (χ0v) is 25.0. The van der Waals surface area contributed by atoms with Gasteiger partial charge in [0.15, 0.2) is 11.5 Å². The highest BCUT2D eigenvalue weighted by atomic mass is 16.5. The zero-order valence-electron chi connectivity index (χ0n) is 25.0. The van der Waals surface area contributed by atoms with Crippen LogP contribution in [-0.2, 0) is 11.3 Å². The average Bonchev–Trinajstić information content (AvgIpc) is 3.06. The number of carbonyl (C=O) groups excluding carboxylic acids is 1. The van der Waals surface area contributed by atoms with E-state index in [4.69, 9.17) is 34.5 Å². The lowest BCUT2D eigenvalue weighted by atomic mass is 9.95. The molecular formula is C34H30N2O9. The summed E-state index contributed by atoms with van der Waals surface area (Å²) in [6, 6.07) is 21.2. The lowest BCUT2D eigenvalue weighted by molar-refractivity contribution is 0.0590. The van der Waals surface area contributed by atoms with Gasteiger partial charge in [-0.3, -0.25) is 9.36 Å². The van der Waals surface area contributed by atoms with Crippen molar-refractivity contribution in [2.75, 3.05) is 34.2 Å². The Bertz CT molecular complexity index is 1940. The Morgan fingerprint density at radius 2 is 1.44 bits per heavy atom. The molecule has 5 rings (SSSR count). The summed E-state index contributed by atoms with van der Waals surface area (Å²) in [6.07, 6.45) is 0. The number of hydrogen-bond donors (Lipinski definition) is 2. The number of benzene rings is 4. The van der Waals surface area contributed by atoms with Gasteiger partial charge in [0.05, 0.1) is 39.4 Å². The summed E-state index contributed by atoms with van der Waals surface area (Å²) < 4.78 is 29.2. The maximum Gasteiger partial charge on any atom is 0.355 e. The molecule has 0 aliphatic heterocycles. The minimum Gasteiger partial charge on any atom is -0.493 e. The molecule has 0 saturated heterocycles. The van der Waals surface area contributed by atoms with Crippen molar-refractivity contribution >= 4 is 28.4 Å². The average molecular weight is 611 g/mol. The third kappa shape index (κ3) is 5.83. The van der Waals surface area contributed by atoms with Crippen molar-refractivity contribution in [1.29, 1.82) is 0 Å². The first kappa shape index (κ1) is 30.5. The van der Waals surface area contributed by atoms with Gasteiger partial charge in [-0.05, 0) is 83.2 Å². The molecule has 0 bridgehead atoms. The Balaban J connectivity index is 1.78. The van der Waals surface area contributed by atoms with Crippen molar-refractivity contribution in [2.45, 2.75) is 6.61 Å². The number of nitrogens with zero attached hydrogens (tertiary/aromatic N) is 1.